The molecule has 0 aliphatic carbocycles. The summed E-state index contributed by atoms with van der Waals surface area (Å²) in [5.74, 6) is 1.85. The Morgan fingerprint density at radius 2 is 1.85 bits per heavy atom. The summed E-state index contributed by atoms with van der Waals surface area (Å²) >= 11 is 12.6. The number of nitrogens with one attached hydrogen (secondary N) is 1. The number of pyridine rings is 1. The average molecular weight is 500 g/mol. The van der Waals surface area contributed by atoms with E-state index in [1.807, 2.05) is 38.1 Å². The highest BCUT2D eigenvalue weighted by molar-refractivity contribution is 6.35. The van der Waals surface area contributed by atoms with E-state index in [-0.39, 0.29) is 5.54 Å². The number of nitrogens with zero attached hydrogens (tertiary/aromatic N) is 5. The van der Waals surface area contributed by atoms with Crippen LogP contribution in [0.15, 0.2) is 36.7 Å². The molecule has 0 saturated carbocycles. The minimum absolute atomic E-state index is 0.184. The molecule has 0 radical (unpaired) electrons. The molecule has 11 heteroatoms. The number of rotatable bonds is 6. The van der Waals surface area contributed by atoms with Crippen LogP contribution in [-0.2, 0) is 0 Å². The van der Waals surface area contributed by atoms with Crippen LogP contribution < -0.4 is 20.1 Å². The number of H-pyrrole nitrogens is 1. The van der Waals surface area contributed by atoms with Gasteiger partial charge in [0.05, 0.1) is 22.7 Å². The van der Waals surface area contributed by atoms with Gasteiger partial charge in [-0.25, -0.2) is 0 Å². The normalized spacial score (nSPS) is 15.8. The van der Waals surface area contributed by atoms with Crippen LogP contribution >= 0.6 is 23.2 Å². The summed E-state index contributed by atoms with van der Waals surface area (Å²) in [5.41, 5.74) is 8.63. The van der Waals surface area contributed by atoms with Crippen molar-refractivity contribution >= 4 is 39.9 Å². The molecule has 0 amide bonds. The summed E-state index contributed by atoms with van der Waals surface area (Å²) in [6.45, 7) is 5.37. The number of halogens is 2. The fourth-order valence-corrected chi connectivity index (χ4v) is 4.81. The van der Waals surface area contributed by atoms with Crippen molar-refractivity contribution in [1.82, 2.24) is 25.4 Å². The molecule has 176 valence electrons. The molecular formula is C23H23Cl2N7O2. The number of benzene rings is 1. The zero-order chi connectivity index (χ0) is 24.0. The van der Waals surface area contributed by atoms with Gasteiger partial charge in [0.25, 0.3) is 0 Å². The highest BCUT2D eigenvalue weighted by atomic mass is 35.5. The Labute approximate surface area is 206 Å². The van der Waals surface area contributed by atoms with Gasteiger partial charge in [0.2, 0.25) is 0 Å². The lowest BCUT2D eigenvalue weighted by molar-refractivity contribution is 0.216. The SMILES string of the molecule is COc1cc2[nH]nc(-c3ccc(N4CC(C)(N)C4)nn3)c2cc1O[C@H](C)c1c(Cl)cncc1Cl. The first-order chi connectivity index (χ1) is 16.3. The first kappa shape index (κ1) is 22.6. The molecule has 1 aromatic carbocycles. The molecule has 1 aliphatic rings. The van der Waals surface area contributed by atoms with Crippen LogP contribution in [0, 0.1) is 0 Å². The van der Waals surface area contributed by atoms with Gasteiger partial charge in [-0.3, -0.25) is 10.1 Å². The number of anilines is 1. The zero-order valence-electron chi connectivity index (χ0n) is 18.8. The lowest BCUT2D eigenvalue weighted by atomic mass is 9.94. The standard InChI is InChI=1S/C23H23Cl2N7O2/c1-12(21-14(24)8-27-9-15(21)25)34-19-6-13-17(7-18(19)33-3)29-31-22(13)16-4-5-20(30-28-16)32-10-23(2,26)11-32/h4-9,12H,10-11,26H2,1-3H3,(H,29,31)/t12-/m1/s1. The molecule has 9 nitrogen and oxygen atoms in total. The van der Waals surface area contributed by atoms with Crippen molar-refractivity contribution in [2.75, 3.05) is 25.1 Å². The third kappa shape index (κ3) is 4.11. The molecule has 1 atom stereocenters. The Kier molecular flexibility index (Phi) is 5.71. The molecule has 34 heavy (non-hydrogen) atoms. The van der Waals surface area contributed by atoms with E-state index in [0.29, 0.717) is 38.5 Å². The summed E-state index contributed by atoms with van der Waals surface area (Å²) in [6.07, 6.45) is 2.62. The first-order valence-corrected chi connectivity index (χ1v) is 11.4. The van der Waals surface area contributed by atoms with Gasteiger partial charge in [0.15, 0.2) is 17.3 Å². The van der Waals surface area contributed by atoms with Crippen LogP contribution in [0.1, 0.15) is 25.5 Å². The second-order valence-corrected chi connectivity index (χ2v) is 9.50. The second kappa shape index (κ2) is 8.57. The fraction of sp³-hybridized carbons (Fsp3) is 0.304. The summed E-state index contributed by atoms with van der Waals surface area (Å²) < 4.78 is 11.8. The first-order valence-electron chi connectivity index (χ1n) is 10.7. The van der Waals surface area contributed by atoms with E-state index in [9.17, 15) is 0 Å². The highest BCUT2D eigenvalue weighted by Crippen LogP contribution is 2.39. The molecule has 0 spiro atoms. The molecule has 1 fully saturated rings. The molecule has 5 rings (SSSR count). The van der Waals surface area contributed by atoms with Crippen LogP contribution in [0.3, 0.4) is 0 Å². The Balaban J connectivity index is 1.47. The van der Waals surface area contributed by atoms with Crippen LogP contribution in [0.4, 0.5) is 5.82 Å². The molecule has 3 N–H and O–H groups in total. The third-order valence-corrected chi connectivity index (χ3v) is 6.37. The van der Waals surface area contributed by atoms with Crippen molar-refractivity contribution in [3.8, 4) is 22.9 Å². The largest absolute Gasteiger partial charge is 0.493 e. The van der Waals surface area contributed by atoms with Crippen LogP contribution in [0.25, 0.3) is 22.3 Å². The van der Waals surface area contributed by atoms with Gasteiger partial charge >= 0.3 is 0 Å². The lowest BCUT2D eigenvalue weighted by Crippen LogP contribution is -2.65. The van der Waals surface area contributed by atoms with Crippen LogP contribution in [0.2, 0.25) is 10.0 Å². The smallest absolute Gasteiger partial charge is 0.162 e. The number of ether oxygens (including phenoxy) is 2. The maximum atomic E-state index is 6.31. The summed E-state index contributed by atoms with van der Waals surface area (Å²) in [7, 11) is 1.58. The Morgan fingerprint density at radius 3 is 2.47 bits per heavy atom. The van der Waals surface area contributed by atoms with Crippen LogP contribution in [-0.4, -0.2) is 51.1 Å². The average Bonchev–Trinajstić information content (AvgIpc) is 3.19. The van der Waals surface area contributed by atoms with Crippen molar-refractivity contribution in [1.29, 1.82) is 0 Å². The van der Waals surface area contributed by atoms with Gasteiger partial charge in [-0.2, -0.15) is 5.10 Å². The monoisotopic (exact) mass is 499 g/mol. The molecule has 3 aromatic heterocycles. The van der Waals surface area contributed by atoms with Gasteiger partial charge < -0.3 is 20.1 Å². The number of fused-ring (bicyclic) bond motifs is 1. The van der Waals surface area contributed by atoms with Crippen LogP contribution in [0.5, 0.6) is 11.5 Å². The fourth-order valence-electron chi connectivity index (χ4n) is 4.14. The number of hydrogen-bond acceptors (Lipinski definition) is 8. The van der Waals surface area contributed by atoms with Crippen molar-refractivity contribution < 1.29 is 9.47 Å². The molecule has 4 aromatic rings. The highest BCUT2D eigenvalue weighted by Gasteiger charge is 2.35. The predicted octanol–water partition coefficient (Wildman–Crippen LogP) is 4.41. The van der Waals surface area contributed by atoms with Crippen molar-refractivity contribution in [3.63, 3.8) is 0 Å². The van der Waals surface area contributed by atoms with Gasteiger partial charge in [0, 0.05) is 48.0 Å². The summed E-state index contributed by atoms with van der Waals surface area (Å²) in [4.78, 5) is 6.09. The van der Waals surface area contributed by atoms with Gasteiger partial charge in [-0.15, -0.1) is 10.2 Å². The predicted molar refractivity (Wildman–Crippen MR) is 132 cm³/mol. The van der Waals surface area contributed by atoms with Crippen molar-refractivity contribution in [2.24, 2.45) is 5.73 Å². The van der Waals surface area contributed by atoms with E-state index in [0.717, 1.165) is 29.8 Å². The number of methoxy groups -OCH3 is 1. The Hall–Kier alpha value is -3.14. The quantitative estimate of drug-likeness (QED) is 0.400. The summed E-state index contributed by atoms with van der Waals surface area (Å²) in [6, 6.07) is 7.51. The Bertz CT molecular complexity index is 1330. The van der Waals surface area contributed by atoms with Crippen molar-refractivity contribution in [3.05, 3.63) is 52.3 Å². The zero-order valence-corrected chi connectivity index (χ0v) is 20.4. The molecule has 4 heterocycles. The van der Waals surface area contributed by atoms with E-state index >= 15 is 0 Å². The lowest BCUT2D eigenvalue weighted by Gasteiger charge is -2.45. The molecular weight excluding hydrogens is 477 g/mol. The van der Waals surface area contributed by atoms with Gasteiger partial charge in [-0.1, -0.05) is 23.2 Å². The number of nitrogens with two attached hydrogens (primary N) is 1. The van der Waals surface area contributed by atoms with Gasteiger partial charge in [-0.05, 0) is 32.0 Å². The Morgan fingerprint density at radius 1 is 1.12 bits per heavy atom. The molecule has 0 bridgehead atoms. The van der Waals surface area contributed by atoms with E-state index in [4.69, 9.17) is 38.4 Å². The number of aromatic amines is 1. The third-order valence-electron chi connectivity index (χ3n) is 5.77. The minimum Gasteiger partial charge on any atom is -0.493 e. The molecule has 1 saturated heterocycles. The van der Waals surface area contributed by atoms with Crippen molar-refractivity contribution in [2.45, 2.75) is 25.5 Å². The van der Waals surface area contributed by atoms with Gasteiger partial charge in [0.1, 0.15) is 17.5 Å². The maximum Gasteiger partial charge on any atom is 0.162 e. The molecule has 1 aliphatic heterocycles. The minimum atomic E-state index is -0.450. The number of aromatic nitrogens is 5. The summed E-state index contributed by atoms with van der Waals surface area (Å²) in [5, 5.41) is 17.9. The molecule has 0 unspecified atom stereocenters. The maximum absolute atomic E-state index is 6.31. The van der Waals surface area contributed by atoms with E-state index in [1.54, 1.807) is 7.11 Å². The van der Waals surface area contributed by atoms with E-state index < -0.39 is 6.10 Å². The van der Waals surface area contributed by atoms with E-state index in [2.05, 4.69) is 30.3 Å². The second-order valence-electron chi connectivity index (χ2n) is 8.68. The van der Waals surface area contributed by atoms with E-state index in [1.165, 1.54) is 12.4 Å². The topological polar surface area (TPSA) is 115 Å². The number of hydrogen-bond donors (Lipinski definition) is 2.